The van der Waals surface area contributed by atoms with Gasteiger partial charge in [0, 0.05) is 12.2 Å². The van der Waals surface area contributed by atoms with Crippen molar-refractivity contribution in [2.24, 2.45) is 0 Å². The summed E-state index contributed by atoms with van der Waals surface area (Å²) < 4.78 is 1.56. The highest BCUT2D eigenvalue weighted by Gasteiger charge is 2.10. The Hall–Kier alpha value is -1.47. The summed E-state index contributed by atoms with van der Waals surface area (Å²) in [5.41, 5.74) is 5.98. The van der Waals surface area contributed by atoms with E-state index in [1.807, 2.05) is 6.92 Å². The molecule has 2 rings (SSSR count). The number of aromatic nitrogens is 4. The maximum atomic E-state index is 11.5. The third kappa shape index (κ3) is 2.85. The minimum Gasteiger partial charge on any atom is -0.399 e. The Balaban J connectivity index is 2.31. The number of aromatic amines is 1. The van der Waals surface area contributed by atoms with Crippen LogP contribution in [0.15, 0.2) is 27.1 Å². The van der Waals surface area contributed by atoms with E-state index in [4.69, 9.17) is 17.3 Å². The molecule has 0 saturated heterocycles. The molecule has 0 radical (unpaired) electrons. The Morgan fingerprint density at radius 3 is 3.00 bits per heavy atom. The second-order valence-corrected chi connectivity index (χ2v) is 5.00. The molecule has 0 aliphatic heterocycles. The van der Waals surface area contributed by atoms with Crippen LogP contribution in [-0.4, -0.2) is 19.7 Å². The minimum atomic E-state index is -0.227. The van der Waals surface area contributed by atoms with Gasteiger partial charge in [-0.15, -0.1) is 5.10 Å². The van der Waals surface area contributed by atoms with Crippen LogP contribution in [0, 0.1) is 0 Å². The van der Waals surface area contributed by atoms with Crippen LogP contribution in [0.3, 0.4) is 0 Å². The van der Waals surface area contributed by atoms with Crippen LogP contribution >= 0.6 is 23.4 Å². The summed E-state index contributed by atoms with van der Waals surface area (Å²) in [6.07, 6.45) is 0.845. The topological polar surface area (TPSA) is 89.6 Å². The zero-order valence-electron chi connectivity index (χ0n) is 9.68. The van der Waals surface area contributed by atoms with Gasteiger partial charge in [0.05, 0.1) is 0 Å². The molecule has 2 aromatic heterocycles. The normalized spacial score (nSPS) is 10.8. The molecule has 0 unspecified atom stereocenters. The van der Waals surface area contributed by atoms with Gasteiger partial charge in [-0.2, -0.15) is 0 Å². The molecule has 0 aliphatic rings. The molecule has 96 valence electrons. The molecule has 0 bridgehead atoms. The fourth-order valence-corrected chi connectivity index (χ4v) is 2.61. The van der Waals surface area contributed by atoms with Crippen LogP contribution < -0.4 is 11.4 Å². The van der Waals surface area contributed by atoms with E-state index in [1.54, 1.807) is 16.7 Å². The molecular weight excluding hydrogens is 274 g/mol. The Labute approximate surface area is 113 Å². The summed E-state index contributed by atoms with van der Waals surface area (Å²) in [5.74, 6) is 0. The van der Waals surface area contributed by atoms with Gasteiger partial charge in [0.25, 0.3) is 0 Å². The first-order valence-corrected chi connectivity index (χ1v) is 6.55. The van der Waals surface area contributed by atoms with Crippen molar-refractivity contribution in [3.8, 4) is 0 Å². The second kappa shape index (κ2) is 5.45. The van der Waals surface area contributed by atoms with E-state index in [-0.39, 0.29) is 5.69 Å². The number of H-pyrrole nitrogens is 1. The average Bonchev–Trinajstić information content (AvgIpc) is 2.60. The summed E-state index contributed by atoms with van der Waals surface area (Å²) in [6, 6.07) is 3.25. The van der Waals surface area contributed by atoms with Crippen LogP contribution in [-0.2, 0) is 6.54 Å². The molecule has 0 spiro atoms. The Bertz CT molecular complexity index is 588. The first-order valence-electron chi connectivity index (χ1n) is 5.36. The largest absolute Gasteiger partial charge is 0.399 e. The first-order chi connectivity index (χ1) is 8.60. The van der Waals surface area contributed by atoms with Crippen molar-refractivity contribution in [3.63, 3.8) is 0 Å². The van der Waals surface area contributed by atoms with Crippen molar-refractivity contribution in [3.05, 3.63) is 27.8 Å². The van der Waals surface area contributed by atoms with Crippen LogP contribution in [0.4, 0.5) is 5.69 Å². The summed E-state index contributed by atoms with van der Waals surface area (Å²) in [7, 11) is 0. The van der Waals surface area contributed by atoms with Crippen molar-refractivity contribution >= 4 is 29.1 Å². The molecule has 2 aromatic rings. The number of hydrogen-bond acceptors (Lipinski definition) is 5. The van der Waals surface area contributed by atoms with Crippen molar-refractivity contribution in [1.82, 2.24) is 19.7 Å². The van der Waals surface area contributed by atoms with E-state index in [2.05, 4.69) is 15.2 Å². The third-order valence-corrected chi connectivity index (χ3v) is 3.27. The van der Waals surface area contributed by atoms with Crippen LogP contribution in [0.1, 0.15) is 13.3 Å². The quantitative estimate of drug-likeness (QED) is 0.836. The number of pyridine rings is 1. The Morgan fingerprint density at radius 2 is 2.33 bits per heavy atom. The van der Waals surface area contributed by atoms with E-state index in [1.165, 1.54) is 11.8 Å². The molecule has 0 fully saturated rings. The lowest BCUT2D eigenvalue weighted by Crippen LogP contribution is -2.17. The van der Waals surface area contributed by atoms with E-state index < -0.39 is 0 Å². The highest BCUT2D eigenvalue weighted by Crippen LogP contribution is 2.26. The number of rotatable bonds is 4. The predicted molar refractivity (Wildman–Crippen MR) is 70.9 cm³/mol. The number of halogens is 1. The molecule has 0 aliphatic carbocycles. The Morgan fingerprint density at radius 1 is 1.56 bits per heavy atom. The monoisotopic (exact) mass is 285 g/mol. The minimum absolute atomic E-state index is 0.227. The van der Waals surface area contributed by atoms with Gasteiger partial charge in [-0.1, -0.05) is 18.5 Å². The Kier molecular flexibility index (Phi) is 3.93. The highest BCUT2D eigenvalue weighted by molar-refractivity contribution is 7.99. The fraction of sp³-hybridized carbons (Fsp3) is 0.300. The predicted octanol–water partition coefficient (Wildman–Crippen LogP) is 1.76. The number of nitrogens with two attached hydrogens (primary N) is 1. The SMILES string of the molecule is CCCn1c(Sc2cc(N)cc(Cl)n2)n[nH]c1=O. The fourth-order valence-electron chi connectivity index (χ4n) is 1.44. The summed E-state index contributed by atoms with van der Waals surface area (Å²) in [6.45, 7) is 2.59. The molecule has 8 heteroatoms. The molecule has 18 heavy (non-hydrogen) atoms. The van der Waals surface area contributed by atoms with E-state index >= 15 is 0 Å². The number of nitrogen functional groups attached to an aromatic ring is 1. The maximum Gasteiger partial charge on any atom is 0.343 e. The zero-order valence-corrected chi connectivity index (χ0v) is 11.3. The van der Waals surface area contributed by atoms with Gasteiger partial charge in [-0.3, -0.25) is 4.57 Å². The summed E-state index contributed by atoms with van der Waals surface area (Å²) >= 11 is 7.07. The average molecular weight is 286 g/mol. The van der Waals surface area contributed by atoms with Gasteiger partial charge in [0.2, 0.25) is 0 Å². The van der Waals surface area contributed by atoms with E-state index in [0.717, 1.165) is 6.42 Å². The number of nitrogens with one attached hydrogen (secondary N) is 1. The molecule has 0 amide bonds. The van der Waals surface area contributed by atoms with Gasteiger partial charge in [-0.25, -0.2) is 14.9 Å². The zero-order chi connectivity index (χ0) is 13.1. The van der Waals surface area contributed by atoms with Gasteiger partial charge in [0.1, 0.15) is 10.2 Å². The molecule has 0 saturated carbocycles. The second-order valence-electron chi connectivity index (χ2n) is 3.63. The summed E-state index contributed by atoms with van der Waals surface area (Å²) in [4.78, 5) is 15.6. The number of anilines is 1. The molecule has 2 heterocycles. The van der Waals surface area contributed by atoms with Crippen LogP contribution in [0.2, 0.25) is 5.15 Å². The van der Waals surface area contributed by atoms with Gasteiger partial charge in [-0.05, 0) is 30.3 Å². The van der Waals surface area contributed by atoms with Gasteiger partial charge in [0.15, 0.2) is 5.16 Å². The lowest BCUT2D eigenvalue weighted by atomic mass is 10.4. The van der Waals surface area contributed by atoms with Crippen molar-refractivity contribution < 1.29 is 0 Å². The summed E-state index contributed by atoms with van der Waals surface area (Å²) in [5, 5.41) is 7.85. The lowest BCUT2D eigenvalue weighted by molar-refractivity contribution is 0.603. The number of nitrogens with zero attached hydrogens (tertiary/aromatic N) is 3. The smallest absolute Gasteiger partial charge is 0.343 e. The maximum absolute atomic E-state index is 11.5. The molecule has 6 nitrogen and oxygen atoms in total. The highest BCUT2D eigenvalue weighted by atomic mass is 35.5. The first kappa shape index (κ1) is 13.0. The van der Waals surface area contributed by atoms with Crippen molar-refractivity contribution in [2.45, 2.75) is 30.1 Å². The lowest BCUT2D eigenvalue weighted by Gasteiger charge is -2.04. The van der Waals surface area contributed by atoms with E-state index in [0.29, 0.717) is 27.6 Å². The molecule has 3 N–H and O–H groups in total. The standard InChI is InChI=1S/C10H12ClN5OS/c1-2-3-16-9(17)14-15-10(16)18-8-5-6(12)4-7(11)13-8/h4-5H,2-3H2,1H3,(H2,12,13)(H,14,17). The molecule has 0 aromatic carbocycles. The molecular formula is C10H12ClN5OS. The van der Waals surface area contributed by atoms with Gasteiger partial charge < -0.3 is 5.73 Å². The van der Waals surface area contributed by atoms with Crippen LogP contribution in [0.5, 0.6) is 0 Å². The van der Waals surface area contributed by atoms with Crippen molar-refractivity contribution in [1.29, 1.82) is 0 Å². The van der Waals surface area contributed by atoms with Gasteiger partial charge >= 0.3 is 5.69 Å². The third-order valence-electron chi connectivity index (χ3n) is 2.16. The van der Waals surface area contributed by atoms with Crippen LogP contribution in [0.25, 0.3) is 0 Å². The number of hydrogen-bond donors (Lipinski definition) is 2. The van der Waals surface area contributed by atoms with Crippen molar-refractivity contribution in [2.75, 3.05) is 5.73 Å². The van der Waals surface area contributed by atoms with E-state index in [9.17, 15) is 4.79 Å². The molecule has 0 atom stereocenters.